The van der Waals surface area contributed by atoms with E-state index < -0.39 is 0 Å². The minimum absolute atomic E-state index is 0. The van der Waals surface area contributed by atoms with Crippen LogP contribution in [0, 0.1) is 0 Å². The molecule has 352 valence electrons. The minimum Gasteiger partial charge on any atom is -1.00 e. The lowest BCUT2D eigenvalue weighted by atomic mass is 10.5. The summed E-state index contributed by atoms with van der Waals surface area (Å²) in [6, 6.07) is 0. The van der Waals surface area contributed by atoms with Gasteiger partial charge >= 0.3 is 0 Å². The number of hydrogen-bond acceptors (Lipinski definition) is 15. The first-order chi connectivity index (χ1) is 23.6. The van der Waals surface area contributed by atoms with Gasteiger partial charge in [-0.3, -0.25) is 44.6 Å². The minimum atomic E-state index is -0.381. The quantitative estimate of drug-likeness (QED) is 0.0150. The molecule has 0 saturated heterocycles. The van der Waals surface area contributed by atoms with E-state index in [2.05, 4.69) is 23.7 Å². The summed E-state index contributed by atoms with van der Waals surface area (Å²) in [5, 5.41) is 61.0. The van der Waals surface area contributed by atoms with Crippen molar-refractivity contribution in [2.24, 2.45) is 34.4 Å². The molecule has 57 heavy (non-hydrogen) atoms. The molecule has 30 heteroatoms. The Morgan fingerprint density at radius 1 is 0.456 bits per heavy atom. The second-order valence-corrected chi connectivity index (χ2v) is 21.6. The number of thiocarbonyl (C=S) groups is 1. The Morgan fingerprint density at radius 3 is 0.982 bits per heavy atom. The van der Waals surface area contributed by atoms with Crippen molar-refractivity contribution in [1.82, 2.24) is 0 Å². The summed E-state index contributed by atoms with van der Waals surface area (Å²) >= 11 is 20.4. The molecule has 14 nitrogen and oxygen atoms in total. The van der Waals surface area contributed by atoms with Gasteiger partial charge in [-0.05, 0) is 59.3 Å². The highest BCUT2D eigenvalue weighted by Gasteiger charge is 2.17. The fourth-order valence-electron chi connectivity index (χ4n) is 2.75. The largest absolute Gasteiger partial charge is 1.00 e. The van der Waals surface area contributed by atoms with Gasteiger partial charge in [0.05, 0.1) is 25.4 Å². The predicted octanol–water partition coefficient (Wildman–Crippen LogP) is -16.1. The van der Waals surface area contributed by atoms with Crippen LogP contribution in [-0.2, 0) is 0 Å². The monoisotopic (exact) mass is 1120 g/mol. The van der Waals surface area contributed by atoms with Crippen LogP contribution in [0.25, 0.3) is 0 Å². The number of aliphatic hydroxyl groups excluding tert-OH is 4. The molecule has 0 saturated carbocycles. The summed E-state index contributed by atoms with van der Waals surface area (Å²) in [6.07, 6.45) is -0.761. The Kier molecular flexibility index (Phi) is 91.2. The summed E-state index contributed by atoms with van der Waals surface area (Å²) in [5.74, 6) is 11.3. The number of thioether (sulfide) groups is 10. The Balaban J connectivity index is -0.0000000856. The molecule has 0 aliphatic rings. The third-order valence-corrected chi connectivity index (χ3v) is 16.4. The van der Waals surface area contributed by atoms with Gasteiger partial charge in [-0.15, -0.1) is 12.4 Å². The number of nitrogens with two attached hydrogens (primary N) is 10. The maximum Gasteiger partial charge on any atom is 0.299 e. The van der Waals surface area contributed by atoms with Crippen LogP contribution in [0.2, 0.25) is 0 Å². The Morgan fingerprint density at radius 2 is 0.719 bits per heavy atom. The van der Waals surface area contributed by atoms with Crippen LogP contribution in [0.3, 0.4) is 0 Å². The highest BCUT2D eigenvalue weighted by atomic mass is 35.5. The Labute approximate surface area is 421 Å². The molecule has 24 N–H and O–H groups in total. The maximum absolute atomic E-state index is 9.56. The summed E-state index contributed by atoms with van der Waals surface area (Å²) in [6.45, 7) is 0.288. The van der Waals surface area contributed by atoms with E-state index >= 15 is 0 Å². The zero-order chi connectivity index (χ0) is 38.6. The van der Waals surface area contributed by atoms with Gasteiger partial charge in [0.15, 0.2) is 5.11 Å². The molecule has 4 atom stereocenters. The molecule has 0 heterocycles. The Bertz CT molecular complexity index is 857. The normalized spacial score (nSPS) is 11.4. The average Bonchev–Trinajstić information content (AvgIpc) is 3.02. The molecule has 0 radical (unpaired) electrons. The predicted molar refractivity (Wildman–Crippen MR) is 264 cm³/mol. The fourth-order valence-corrected chi connectivity index (χ4v) is 12.6. The topological polar surface area (TPSA) is 339 Å². The molecule has 0 aliphatic carbocycles. The van der Waals surface area contributed by atoms with Crippen molar-refractivity contribution in [2.75, 3.05) is 93.8 Å². The fraction of sp³-hybridized carbons (Fsp3) is 0.815. The second-order valence-electron chi connectivity index (χ2n) is 9.30. The third kappa shape index (κ3) is 79.3. The molecule has 0 aliphatic heterocycles. The maximum atomic E-state index is 9.56. The highest BCUT2D eigenvalue weighted by Crippen LogP contribution is 2.26. The number of amidine groups is 4. The van der Waals surface area contributed by atoms with Crippen molar-refractivity contribution in [3.05, 3.63) is 0 Å². The van der Waals surface area contributed by atoms with E-state index in [1.165, 1.54) is 82.3 Å². The van der Waals surface area contributed by atoms with Crippen molar-refractivity contribution in [3.8, 4) is 0 Å². The van der Waals surface area contributed by atoms with E-state index in [0.29, 0.717) is 65.7 Å². The van der Waals surface area contributed by atoms with Crippen LogP contribution in [0.5, 0.6) is 0 Å². The average molecular weight is 1130 g/mol. The van der Waals surface area contributed by atoms with Crippen LogP contribution in [0.4, 0.5) is 0 Å². The van der Waals surface area contributed by atoms with E-state index in [1.54, 1.807) is 0 Å². The Hall–Kier alpha value is 2.36. The first-order valence-corrected chi connectivity index (χ1v) is 25.9. The molecule has 0 aromatic heterocycles. The van der Waals surface area contributed by atoms with Crippen LogP contribution in [0.1, 0.15) is 14.9 Å². The van der Waals surface area contributed by atoms with E-state index in [1.807, 2.05) is 35.3 Å². The summed E-state index contributed by atoms with van der Waals surface area (Å²) in [4.78, 5) is 0. The lowest BCUT2D eigenvalue weighted by Crippen LogP contribution is -3.00. The number of hydrogen-bond donors (Lipinski definition) is 14. The lowest BCUT2D eigenvalue weighted by Gasteiger charge is -2.18. The first-order valence-electron chi connectivity index (χ1n) is 14.8. The molecular weight excluding hydrogens is 1060 g/mol. The SMILES string of the molecule is C.C.Cl.NC(=[NH2+])SCCSC(CSCC(CSC(N)=[NH2+])SCCSC(N)=[NH2+])CSC(N)=[NH2+].NC(N)=S.OCCSCC(O)CSCC(O)CSCCO.[Cl-].[Cl-].[Cl-].[Cl-]. The van der Waals surface area contributed by atoms with Crippen molar-refractivity contribution in [2.45, 2.75) is 37.6 Å². The lowest BCUT2D eigenvalue weighted by molar-refractivity contribution is -0.110. The van der Waals surface area contributed by atoms with Gasteiger partial charge < -0.3 is 81.5 Å². The van der Waals surface area contributed by atoms with Gasteiger partial charge in [0.2, 0.25) is 0 Å². The molecule has 0 aromatic rings. The first kappa shape index (κ1) is 83.0. The zero-order valence-electron chi connectivity index (χ0n) is 30.1. The standard InChI is InChI=1S/C14H30N8S7.C10H22O4S3.CH4N2S.2CH4.5ClH/c15-11(16)26-3-1-24-9(7-28-13(19)20)5-23-6-10(8-29-14(21)22)25-2-4-27-12(17)18;11-1-3-15-5-9(13)7-17-8-10(14)6-16-4-2-12;2-1(3)4;;;;;;;/h9-10H,1-8H2,(H3,15,16)(H3,17,18)(H3,19,20)(H3,21,22);9-14H,1-8H2;(H4,2,3,4);2*1H4;5*1H. The highest BCUT2D eigenvalue weighted by molar-refractivity contribution is 8.16. The molecule has 0 aromatic carbocycles. The molecule has 0 bridgehead atoms. The van der Waals surface area contributed by atoms with Gasteiger partial charge in [0, 0.05) is 91.0 Å². The molecule has 0 amide bonds. The molecule has 0 fully saturated rings. The van der Waals surface area contributed by atoms with E-state index in [4.69, 9.17) is 54.8 Å². The summed E-state index contributed by atoms with van der Waals surface area (Å²) in [7, 11) is 0. The van der Waals surface area contributed by atoms with Crippen molar-refractivity contribution >= 4 is 168 Å². The molecule has 0 rings (SSSR count). The molecular formula is C27H69Cl5N10O4S11. The van der Waals surface area contributed by atoms with Gasteiger partial charge in [-0.1, -0.05) is 14.9 Å². The van der Waals surface area contributed by atoms with Crippen LogP contribution in [0.15, 0.2) is 0 Å². The molecule has 0 spiro atoms. The van der Waals surface area contributed by atoms with Crippen LogP contribution in [-0.4, -0.2) is 163 Å². The van der Waals surface area contributed by atoms with Gasteiger partial charge in [-0.25, -0.2) is 0 Å². The van der Waals surface area contributed by atoms with Gasteiger partial charge in [-0.2, -0.15) is 70.6 Å². The summed E-state index contributed by atoms with van der Waals surface area (Å²) in [5.41, 5.74) is 31.5. The smallest absolute Gasteiger partial charge is 0.299 e. The number of aliphatic hydroxyl groups is 4. The van der Waals surface area contributed by atoms with E-state index in [0.717, 1.165) is 46.0 Å². The number of rotatable bonds is 28. The van der Waals surface area contributed by atoms with E-state index in [9.17, 15) is 10.2 Å². The van der Waals surface area contributed by atoms with Crippen molar-refractivity contribution in [1.29, 1.82) is 0 Å². The molecule has 4 unspecified atom stereocenters. The zero-order valence-corrected chi connectivity index (χ0v) is 42.9. The summed E-state index contributed by atoms with van der Waals surface area (Å²) < 4.78 is 0. The van der Waals surface area contributed by atoms with Crippen molar-refractivity contribution in [3.63, 3.8) is 0 Å². The van der Waals surface area contributed by atoms with Gasteiger partial charge in [0.1, 0.15) is 0 Å². The second kappa shape index (κ2) is 62.7. The van der Waals surface area contributed by atoms with E-state index in [-0.39, 0.29) is 107 Å². The third-order valence-electron chi connectivity index (χ3n) is 4.60. The van der Waals surface area contributed by atoms with Gasteiger partial charge in [0.25, 0.3) is 20.7 Å². The van der Waals surface area contributed by atoms with Crippen LogP contribution >= 0.6 is 142 Å². The van der Waals surface area contributed by atoms with Crippen molar-refractivity contribution < 1.29 is 91.7 Å². The number of halogens is 5. The van der Waals surface area contributed by atoms with Crippen LogP contribution < -0.4 is 106 Å².